The number of nitriles is 1. The highest BCUT2D eigenvalue weighted by atomic mass is 32.2. The molecule has 6 heteroatoms. The van der Waals surface area contributed by atoms with Gasteiger partial charge in [-0.05, 0) is 5.41 Å². The van der Waals surface area contributed by atoms with Crippen LogP contribution in [0.4, 0.5) is 0 Å². The molecule has 1 aromatic heterocycles. The molecule has 0 N–H and O–H groups in total. The standard InChI is InChI=1S/C13H19N3O2S/c1-13(2,3)9(6-7-14)19-12-15-10(17-4)8-11(16-12)18-5/h8-9H,6H2,1-5H3. The highest BCUT2D eigenvalue weighted by molar-refractivity contribution is 7.99. The lowest BCUT2D eigenvalue weighted by atomic mass is 9.90. The fourth-order valence-corrected chi connectivity index (χ4v) is 2.43. The van der Waals surface area contributed by atoms with Crippen LogP contribution >= 0.6 is 11.8 Å². The largest absolute Gasteiger partial charge is 0.481 e. The minimum absolute atomic E-state index is 0.0138. The molecule has 0 aliphatic heterocycles. The molecule has 1 rings (SSSR count). The Morgan fingerprint density at radius 1 is 1.26 bits per heavy atom. The van der Waals surface area contributed by atoms with E-state index in [4.69, 9.17) is 14.7 Å². The van der Waals surface area contributed by atoms with E-state index in [0.29, 0.717) is 23.3 Å². The third kappa shape index (κ3) is 4.60. The van der Waals surface area contributed by atoms with Crippen LogP contribution in [0.15, 0.2) is 11.2 Å². The second-order valence-corrected chi connectivity index (χ2v) is 6.24. The molecule has 104 valence electrons. The van der Waals surface area contributed by atoms with Gasteiger partial charge in [0, 0.05) is 11.7 Å². The molecule has 0 amide bonds. The van der Waals surface area contributed by atoms with E-state index >= 15 is 0 Å². The average Bonchev–Trinajstić information content (AvgIpc) is 2.36. The van der Waals surface area contributed by atoms with E-state index in [1.54, 1.807) is 20.3 Å². The minimum atomic E-state index is -0.0138. The van der Waals surface area contributed by atoms with Crippen LogP contribution in [0.5, 0.6) is 11.8 Å². The molecule has 1 atom stereocenters. The van der Waals surface area contributed by atoms with Crippen LogP contribution in [-0.2, 0) is 0 Å². The summed E-state index contributed by atoms with van der Waals surface area (Å²) in [6.45, 7) is 6.29. The third-order valence-electron chi connectivity index (χ3n) is 2.57. The predicted molar refractivity (Wildman–Crippen MR) is 74.5 cm³/mol. The summed E-state index contributed by atoms with van der Waals surface area (Å²) in [6, 6.07) is 3.84. The topological polar surface area (TPSA) is 68.0 Å². The van der Waals surface area contributed by atoms with Gasteiger partial charge in [-0.1, -0.05) is 32.5 Å². The van der Waals surface area contributed by atoms with Gasteiger partial charge >= 0.3 is 0 Å². The average molecular weight is 281 g/mol. The predicted octanol–water partition coefficient (Wildman–Crippen LogP) is 2.91. The van der Waals surface area contributed by atoms with Crippen molar-refractivity contribution in [2.24, 2.45) is 5.41 Å². The molecule has 0 saturated heterocycles. The molecule has 0 bridgehead atoms. The Kier molecular flexibility index (Phi) is 5.43. The number of hydrogen-bond acceptors (Lipinski definition) is 6. The van der Waals surface area contributed by atoms with Crippen molar-refractivity contribution in [3.63, 3.8) is 0 Å². The summed E-state index contributed by atoms with van der Waals surface area (Å²) in [6.07, 6.45) is 0.442. The van der Waals surface area contributed by atoms with Gasteiger partial charge in [0.1, 0.15) is 0 Å². The Morgan fingerprint density at radius 3 is 2.16 bits per heavy atom. The van der Waals surface area contributed by atoms with Crippen molar-refractivity contribution in [2.75, 3.05) is 14.2 Å². The maximum absolute atomic E-state index is 8.93. The zero-order chi connectivity index (χ0) is 14.5. The molecule has 1 heterocycles. The van der Waals surface area contributed by atoms with Gasteiger partial charge in [-0.15, -0.1) is 0 Å². The molecule has 0 saturated carbocycles. The maximum atomic E-state index is 8.93. The fraction of sp³-hybridized carbons (Fsp3) is 0.615. The molecule has 19 heavy (non-hydrogen) atoms. The summed E-state index contributed by atoms with van der Waals surface area (Å²) >= 11 is 1.47. The zero-order valence-electron chi connectivity index (χ0n) is 11.9. The highest BCUT2D eigenvalue weighted by Gasteiger charge is 2.27. The van der Waals surface area contributed by atoms with Crippen molar-refractivity contribution in [2.45, 2.75) is 37.6 Å². The van der Waals surface area contributed by atoms with E-state index < -0.39 is 0 Å². The van der Waals surface area contributed by atoms with Crippen molar-refractivity contribution in [3.8, 4) is 17.8 Å². The number of methoxy groups -OCH3 is 2. The normalized spacial score (nSPS) is 12.6. The molecule has 0 spiro atoms. The van der Waals surface area contributed by atoms with Crippen molar-refractivity contribution in [1.29, 1.82) is 5.26 Å². The van der Waals surface area contributed by atoms with Crippen molar-refractivity contribution in [1.82, 2.24) is 9.97 Å². The SMILES string of the molecule is COc1cc(OC)nc(SC(CC#N)C(C)(C)C)n1. The lowest BCUT2D eigenvalue weighted by Crippen LogP contribution is -2.23. The second kappa shape index (κ2) is 6.62. The lowest BCUT2D eigenvalue weighted by molar-refractivity contribution is 0.363. The zero-order valence-corrected chi connectivity index (χ0v) is 12.7. The molecular formula is C13H19N3O2S. The van der Waals surface area contributed by atoms with E-state index in [0.717, 1.165) is 0 Å². The van der Waals surface area contributed by atoms with Crippen LogP contribution < -0.4 is 9.47 Å². The van der Waals surface area contributed by atoms with E-state index in [1.807, 2.05) is 0 Å². The molecule has 1 aromatic rings. The lowest BCUT2D eigenvalue weighted by Gasteiger charge is -2.27. The minimum Gasteiger partial charge on any atom is -0.481 e. The molecule has 0 aliphatic rings. The molecule has 1 unspecified atom stereocenters. The Labute approximate surface area is 118 Å². The van der Waals surface area contributed by atoms with Crippen LogP contribution in [0.25, 0.3) is 0 Å². The van der Waals surface area contributed by atoms with Crippen LogP contribution in [0, 0.1) is 16.7 Å². The first-order valence-corrected chi connectivity index (χ1v) is 6.79. The van der Waals surface area contributed by atoms with Crippen molar-refractivity contribution in [3.05, 3.63) is 6.07 Å². The van der Waals surface area contributed by atoms with Crippen molar-refractivity contribution < 1.29 is 9.47 Å². The van der Waals surface area contributed by atoms with Gasteiger partial charge < -0.3 is 9.47 Å². The Bertz CT molecular complexity index is 444. The number of nitrogens with zero attached hydrogens (tertiary/aromatic N) is 3. The van der Waals surface area contributed by atoms with E-state index in [2.05, 4.69) is 36.8 Å². The molecule has 0 aromatic carbocycles. The fourth-order valence-electron chi connectivity index (χ4n) is 1.38. The van der Waals surface area contributed by atoms with E-state index in [-0.39, 0.29) is 10.7 Å². The van der Waals surface area contributed by atoms with Gasteiger partial charge in [0.05, 0.1) is 26.4 Å². The highest BCUT2D eigenvalue weighted by Crippen LogP contribution is 2.36. The van der Waals surface area contributed by atoms with E-state index in [9.17, 15) is 0 Å². The van der Waals surface area contributed by atoms with Crippen LogP contribution in [0.2, 0.25) is 0 Å². The second-order valence-electron chi connectivity index (χ2n) is 5.07. The summed E-state index contributed by atoms with van der Waals surface area (Å²) in [5.74, 6) is 0.915. The summed E-state index contributed by atoms with van der Waals surface area (Å²) < 4.78 is 10.2. The van der Waals surface area contributed by atoms with Gasteiger partial charge in [0.2, 0.25) is 11.8 Å². The van der Waals surface area contributed by atoms with Crippen LogP contribution in [0.1, 0.15) is 27.2 Å². The quantitative estimate of drug-likeness (QED) is 0.610. The van der Waals surface area contributed by atoms with E-state index in [1.165, 1.54) is 11.8 Å². The van der Waals surface area contributed by atoms with Gasteiger partial charge in [0.15, 0.2) is 5.16 Å². The number of rotatable bonds is 5. The molecule has 0 radical (unpaired) electrons. The Morgan fingerprint density at radius 2 is 1.79 bits per heavy atom. The maximum Gasteiger partial charge on any atom is 0.220 e. The number of hydrogen-bond donors (Lipinski definition) is 0. The monoisotopic (exact) mass is 281 g/mol. The molecule has 5 nitrogen and oxygen atoms in total. The molecular weight excluding hydrogens is 262 g/mol. The Hall–Kier alpha value is -1.48. The van der Waals surface area contributed by atoms with Gasteiger partial charge in [-0.25, -0.2) is 0 Å². The molecule has 0 aliphatic carbocycles. The first-order valence-electron chi connectivity index (χ1n) is 5.91. The summed E-state index contributed by atoms with van der Waals surface area (Å²) in [5, 5.41) is 9.59. The van der Waals surface area contributed by atoms with Crippen LogP contribution in [0.3, 0.4) is 0 Å². The number of thioether (sulfide) groups is 1. The number of ether oxygens (including phenoxy) is 2. The number of aromatic nitrogens is 2. The first kappa shape index (κ1) is 15.6. The first-order chi connectivity index (χ1) is 8.90. The Balaban J connectivity index is 2.99. The van der Waals surface area contributed by atoms with Gasteiger partial charge in [0.25, 0.3) is 0 Å². The smallest absolute Gasteiger partial charge is 0.220 e. The van der Waals surface area contributed by atoms with Crippen LogP contribution in [-0.4, -0.2) is 29.4 Å². The van der Waals surface area contributed by atoms with Gasteiger partial charge in [-0.2, -0.15) is 15.2 Å². The summed E-state index contributed by atoms with van der Waals surface area (Å²) in [5.41, 5.74) is -0.0138. The third-order valence-corrected chi connectivity index (χ3v) is 4.12. The van der Waals surface area contributed by atoms with Gasteiger partial charge in [-0.3, -0.25) is 0 Å². The molecule has 0 fully saturated rings. The summed E-state index contributed by atoms with van der Waals surface area (Å²) in [7, 11) is 3.10. The summed E-state index contributed by atoms with van der Waals surface area (Å²) in [4.78, 5) is 8.55. The van der Waals surface area contributed by atoms with Crippen molar-refractivity contribution >= 4 is 11.8 Å².